The second kappa shape index (κ2) is 5.92. The molecule has 1 fully saturated rings. The smallest absolute Gasteiger partial charge is 0.0244 e. The van der Waals surface area contributed by atoms with E-state index < -0.39 is 0 Å². The van der Waals surface area contributed by atoms with Crippen LogP contribution in [0.2, 0.25) is 0 Å². The van der Waals surface area contributed by atoms with E-state index in [9.17, 15) is 0 Å². The molecule has 0 radical (unpaired) electrons. The fourth-order valence-corrected chi connectivity index (χ4v) is 3.24. The van der Waals surface area contributed by atoms with E-state index >= 15 is 0 Å². The molecular formula is C16H34N2. The summed E-state index contributed by atoms with van der Waals surface area (Å²) in [4.78, 5) is 2.77. The van der Waals surface area contributed by atoms with Crippen molar-refractivity contribution >= 4 is 0 Å². The van der Waals surface area contributed by atoms with Crippen molar-refractivity contribution in [1.82, 2.24) is 10.2 Å². The Labute approximate surface area is 115 Å². The van der Waals surface area contributed by atoms with Gasteiger partial charge in [0.2, 0.25) is 0 Å². The van der Waals surface area contributed by atoms with Crippen LogP contribution < -0.4 is 5.32 Å². The summed E-state index contributed by atoms with van der Waals surface area (Å²) in [5.74, 6) is 0. The Bertz CT molecular complexity index is 252. The zero-order valence-corrected chi connectivity index (χ0v) is 13.6. The average Bonchev–Trinajstić information content (AvgIpc) is 2.27. The first kappa shape index (κ1) is 16.0. The van der Waals surface area contributed by atoms with Gasteiger partial charge in [0.25, 0.3) is 0 Å². The third-order valence-corrected chi connectivity index (χ3v) is 4.58. The van der Waals surface area contributed by atoms with Gasteiger partial charge in [-0.25, -0.2) is 0 Å². The average molecular weight is 254 g/mol. The van der Waals surface area contributed by atoms with Gasteiger partial charge in [-0.15, -0.1) is 0 Å². The van der Waals surface area contributed by atoms with E-state index in [0.29, 0.717) is 23.0 Å². The van der Waals surface area contributed by atoms with Crippen LogP contribution in [0, 0.1) is 5.41 Å². The molecule has 0 aromatic rings. The number of nitrogens with one attached hydrogen (secondary N) is 1. The van der Waals surface area contributed by atoms with E-state index in [-0.39, 0.29) is 0 Å². The number of hydrogen-bond donors (Lipinski definition) is 1. The minimum atomic E-state index is 0.334. The Balaban J connectivity index is 2.83. The maximum Gasteiger partial charge on any atom is 0.0244 e. The molecule has 1 saturated heterocycles. The van der Waals surface area contributed by atoms with Crippen molar-refractivity contribution in [2.45, 2.75) is 85.4 Å². The molecule has 0 amide bonds. The van der Waals surface area contributed by atoms with Crippen LogP contribution in [-0.2, 0) is 0 Å². The Morgan fingerprint density at radius 1 is 1.11 bits per heavy atom. The molecule has 18 heavy (non-hydrogen) atoms. The molecule has 0 saturated carbocycles. The maximum atomic E-state index is 3.76. The second-order valence-corrected chi connectivity index (χ2v) is 7.60. The van der Waals surface area contributed by atoms with E-state index in [4.69, 9.17) is 0 Å². The maximum absolute atomic E-state index is 3.76. The molecule has 0 aliphatic carbocycles. The van der Waals surface area contributed by atoms with Crippen molar-refractivity contribution in [3.05, 3.63) is 0 Å². The summed E-state index contributed by atoms with van der Waals surface area (Å²) in [7, 11) is 0. The van der Waals surface area contributed by atoms with E-state index in [1.807, 2.05) is 0 Å². The van der Waals surface area contributed by atoms with Crippen LogP contribution in [0.5, 0.6) is 0 Å². The molecular weight excluding hydrogens is 220 g/mol. The molecule has 1 N–H and O–H groups in total. The van der Waals surface area contributed by atoms with Crippen LogP contribution in [0.15, 0.2) is 0 Å². The molecule has 2 nitrogen and oxygen atoms in total. The van der Waals surface area contributed by atoms with Crippen LogP contribution in [0.1, 0.15) is 67.7 Å². The topological polar surface area (TPSA) is 15.3 Å². The highest BCUT2D eigenvalue weighted by molar-refractivity contribution is 4.97. The first-order valence-electron chi connectivity index (χ1n) is 7.72. The highest BCUT2D eigenvalue weighted by Crippen LogP contribution is 2.31. The van der Waals surface area contributed by atoms with Crippen molar-refractivity contribution in [1.29, 1.82) is 0 Å². The molecule has 1 aliphatic heterocycles. The lowest BCUT2D eigenvalue weighted by atomic mass is 9.82. The third-order valence-electron chi connectivity index (χ3n) is 4.58. The zero-order chi connectivity index (χ0) is 14.0. The summed E-state index contributed by atoms with van der Waals surface area (Å²) < 4.78 is 0. The number of rotatable bonds is 4. The predicted molar refractivity (Wildman–Crippen MR) is 81.0 cm³/mol. The Morgan fingerprint density at radius 3 is 2.17 bits per heavy atom. The molecule has 2 unspecified atom stereocenters. The minimum absolute atomic E-state index is 0.334. The van der Waals surface area contributed by atoms with Crippen molar-refractivity contribution in [3.8, 4) is 0 Å². The van der Waals surface area contributed by atoms with Gasteiger partial charge in [-0.2, -0.15) is 0 Å². The second-order valence-electron chi connectivity index (χ2n) is 7.60. The van der Waals surface area contributed by atoms with Gasteiger partial charge in [0.1, 0.15) is 0 Å². The molecule has 1 rings (SSSR count). The summed E-state index contributed by atoms with van der Waals surface area (Å²) in [5.41, 5.74) is 0.681. The molecule has 1 heterocycles. The lowest BCUT2D eigenvalue weighted by Crippen LogP contribution is -2.65. The number of nitrogens with zero attached hydrogens (tertiary/aromatic N) is 1. The lowest BCUT2D eigenvalue weighted by molar-refractivity contribution is 0.00243. The van der Waals surface area contributed by atoms with E-state index in [1.54, 1.807) is 0 Å². The fourth-order valence-electron chi connectivity index (χ4n) is 3.24. The summed E-state index contributed by atoms with van der Waals surface area (Å²) in [6.45, 7) is 18.8. The number of hydrogen-bond acceptors (Lipinski definition) is 2. The van der Waals surface area contributed by atoms with Gasteiger partial charge in [-0.1, -0.05) is 41.0 Å². The highest BCUT2D eigenvalue weighted by Gasteiger charge is 2.39. The molecule has 2 heteroatoms. The Hall–Kier alpha value is -0.0800. The SMILES string of the molecule is CCCC(C)(C)N1CC(C(C)(C)C)NCC1CC. The van der Waals surface area contributed by atoms with Gasteiger partial charge in [-0.05, 0) is 32.1 Å². The highest BCUT2D eigenvalue weighted by atomic mass is 15.3. The molecule has 2 atom stereocenters. The van der Waals surface area contributed by atoms with Crippen LogP contribution in [0.25, 0.3) is 0 Å². The largest absolute Gasteiger partial charge is 0.311 e. The quantitative estimate of drug-likeness (QED) is 0.823. The number of piperazine rings is 1. The van der Waals surface area contributed by atoms with Gasteiger partial charge in [-0.3, -0.25) is 4.90 Å². The Kier molecular flexibility index (Phi) is 5.25. The normalized spacial score (nSPS) is 27.5. The standard InChI is InChI=1S/C16H34N2/c1-8-10-16(6,7)18-12-14(15(3,4)5)17-11-13(18)9-2/h13-14,17H,8-12H2,1-7H3. The summed E-state index contributed by atoms with van der Waals surface area (Å²) in [5, 5.41) is 3.76. The molecule has 0 aromatic carbocycles. The molecule has 0 aromatic heterocycles. The van der Waals surface area contributed by atoms with Gasteiger partial charge in [0.05, 0.1) is 0 Å². The van der Waals surface area contributed by atoms with Gasteiger partial charge < -0.3 is 5.32 Å². The van der Waals surface area contributed by atoms with Crippen LogP contribution in [0.4, 0.5) is 0 Å². The molecule has 0 spiro atoms. The van der Waals surface area contributed by atoms with Crippen molar-refractivity contribution in [3.63, 3.8) is 0 Å². The summed E-state index contributed by atoms with van der Waals surface area (Å²) in [6.07, 6.45) is 3.81. The van der Waals surface area contributed by atoms with Crippen molar-refractivity contribution < 1.29 is 0 Å². The predicted octanol–water partition coefficient (Wildman–Crippen LogP) is 3.66. The summed E-state index contributed by atoms with van der Waals surface area (Å²) >= 11 is 0. The first-order chi connectivity index (χ1) is 8.22. The van der Waals surface area contributed by atoms with Crippen LogP contribution in [-0.4, -0.2) is 35.6 Å². The first-order valence-corrected chi connectivity index (χ1v) is 7.72. The van der Waals surface area contributed by atoms with E-state index in [0.717, 1.165) is 6.54 Å². The molecule has 108 valence electrons. The van der Waals surface area contributed by atoms with E-state index in [1.165, 1.54) is 25.8 Å². The van der Waals surface area contributed by atoms with Gasteiger partial charge in [0.15, 0.2) is 0 Å². The van der Waals surface area contributed by atoms with Crippen LogP contribution >= 0.6 is 0 Å². The molecule has 1 aliphatic rings. The minimum Gasteiger partial charge on any atom is -0.311 e. The molecule has 0 bridgehead atoms. The third kappa shape index (κ3) is 3.71. The van der Waals surface area contributed by atoms with Crippen molar-refractivity contribution in [2.24, 2.45) is 5.41 Å². The fraction of sp³-hybridized carbons (Fsp3) is 1.00. The van der Waals surface area contributed by atoms with Gasteiger partial charge in [0, 0.05) is 30.7 Å². The van der Waals surface area contributed by atoms with Crippen LogP contribution in [0.3, 0.4) is 0 Å². The zero-order valence-electron chi connectivity index (χ0n) is 13.6. The Morgan fingerprint density at radius 2 is 1.72 bits per heavy atom. The lowest BCUT2D eigenvalue weighted by Gasteiger charge is -2.51. The van der Waals surface area contributed by atoms with E-state index in [2.05, 4.69) is 58.7 Å². The monoisotopic (exact) mass is 254 g/mol. The van der Waals surface area contributed by atoms with Gasteiger partial charge >= 0.3 is 0 Å². The summed E-state index contributed by atoms with van der Waals surface area (Å²) in [6, 6.07) is 1.31. The van der Waals surface area contributed by atoms with Crippen molar-refractivity contribution in [2.75, 3.05) is 13.1 Å².